The summed E-state index contributed by atoms with van der Waals surface area (Å²) in [6, 6.07) is 10.4. The summed E-state index contributed by atoms with van der Waals surface area (Å²) in [4.78, 5) is 36.8. The molecule has 1 aliphatic carbocycles. The van der Waals surface area contributed by atoms with Crippen molar-refractivity contribution >= 4 is 33.9 Å². The van der Waals surface area contributed by atoms with E-state index < -0.39 is 0 Å². The van der Waals surface area contributed by atoms with Gasteiger partial charge in [-0.3, -0.25) is 9.59 Å². The number of rotatable bonds is 4. The Morgan fingerprint density at radius 2 is 1.87 bits per heavy atom. The van der Waals surface area contributed by atoms with Crippen LogP contribution in [0.1, 0.15) is 93.7 Å². The van der Waals surface area contributed by atoms with Gasteiger partial charge in [0.1, 0.15) is 16.9 Å². The van der Waals surface area contributed by atoms with Gasteiger partial charge in [0.15, 0.2) is 5.82 Å². The van der Waals surface area contributed by atoms with Crippen LogP contribution in [-0.4, -0.2) is 56.7 Å². The number of ether oxygens (including phenoxy) is 1. The monoisotopic (exact) mass is 611 g/mol. The highest BCUT2D eigenvalue weighted by molar-refractivity contribution is 6.00. The van der Waals surface area contributed by atoms with Crippen LogP contribution in [0.15, 0.2) is 30.3 Å². The van der Waals surface area contributed by atoms with Crippen molar-refractivity contribution in [1.29, 1.82) is 0 Å². The minimum Gasteiger partial charge on any atom is -0.494 e. The van der Waals surface area contributed by atoms with Gasteiger partial charge in [0.25, 0.3) is 5.91 Å². The van der Waals surface area contributed by atoms with Gasteiger partial charge in [-0.2, -0.15) is 0 Å². The maximum absolute atomic E-state index is 13.3. The van der Waals surface area contributed by atoms with Gasteiger partial charge < -0.3 is 29.8 Å². The summed E-state index contributed by atoms with van der Waals surface area (Å²) in [7, 11) is 3.64. The van der Waals surface area contributed by atoms with E-state index in [2.05, 4.69) is 44.1 Å². The fourth-order valence-electron chi connectivity index (χ4n) is 7.26. The molecule has 5 heterocycles. The van der Waals surface area contributed by atoms with E-state index >= 15 is 0 Å². The van der Waals surface area contributed by atoms with E-state index in [-0.39, 0.29) is 29.3 Å². The molecule has 10 heteroatoms. The topological polar surface area (TPSA) is 115 Å². The van der Waals surface area contributed by atoms with Gasteiger partial charge in [-0.15, -0.1) is 0 Å². The van der Waals surface area contributed by atoms with Crippen molar-refractivity contribution in [2.75, 3.05) is 13.7 Å². The molecule has 2 amide bonds. The smallest absolute Gasteiger partial charge is 0.251 e. The maximum atomic E-state index is 13.3. The number of fused-ring (bicyclic) bond motifs is 2. The molecule has 3 aliphatic rings. The van der Waals surface area contributed by atoms with Crippen LogP contribution in [0.3, 0.4) is 0 Å². The van der Waals surface area contributed by atoms with Crippen molar-refractivity contribution in [1.82, 2.24) is 35.1 Å². The standard InChI is InChI=1S/C35H45N7O3/c1-21-9-11-25(20-36-21)38-33(43)24-17-27-30(29(19-24)45-4)41(3)32(40-27)28-18-23-10-12-26-22(2)37-34(44)35(14-15-35)13-7-5-6-8-16-42(28)31(23)39-26/h10,12,17-19,21-22,25,36H,5-9,11,13-16,20H2,1-4H3,(H,37,44)(H,38,43)/t21-,22+,25+/m0/s1. The molecule has 3 aromatic heterocycles. The number of aromatic nitrogens is 4. The van der Waals surface area contributed by atoms with Crippen molar-refractivity contribution in [3.05, 3.63) is 41.6 Å². The van der Waals surface area contributed by atoms with E-state index in [1.807, 2.05) is 32.2 Å². The molecular formula is C35H45N7O3. The van der Waals surface area contributed by atoms with Crippen LogP contribution in [0, 0.1) is 5.41 Å². The largest absolute Gasteiger partial charge is 0.494 e. The van der Waals surface area contributed by atoms with E-state index in [9.17, 15) is 9.59 Å². The number of nitrogens with zero attached hydrogens (tertiary/aromatic N) is 4. The quantitative estimate of drug-likeness (QED) is 0.285. The normalized spacial score (nSPS) is 23.6. The van der Waals surface area contributed by atoms with E-state index in [1.54, 1.807) is 7.11 Å². The number of benzene rings is 1. The molecule has 0 unspecified atom stereocenters. The third-order valence-electron chi connectivity index (χ3n) is 10.3. The lowest BCUT2D eigenvalue weighted by Gasteiger charge is -2.28. The average Bonchev–Trinajstić information content (AvgIpc) is 3.65. The van der Waals surface area contributed by atoms with Crippen molar-refractivity contribution < 1.29 is 14.3 Å². The summed E-state index contributed by atoms with van der Waals surface area (Å²) < 4.78 is 10.2. The molecular weight excluding hydrogens is 566 g/mol. The number of methoxy groups -OCH3 is 1. The number of hydrogen-bond acceptors (Lipinski definition) is 6. The summed E-state index contributed by atoms with van der Waals surface area (Å²) in [5, 5.41) is 11.0. The lowest BCUT2D eigenvalue weighted by atomic mass is 9.96. The third kappa shape index (κ3) is 5.58. The highest BCUT2D eigenvalue weighted by Crippen LogP contribution is 2.50. The molecule has 238 valence electrons. The summed E-state index contributed by atoms with van der Waals surface area (Å²) in [6.07, 6.45) is 9.26. The molecule has 1 aromatic carbocycles. The zero-order valence-corrected chi connectivity index (χ0v) is 26.9. The van der Waals surface area contributed by atoms with Gasteiger partial charge in [-0.25, -0.2) is 9.97 Å². The lowest BCUT2D eigenvalue weighted by Crippen LogP contribution is -2.48. The predicted octanol–water partition coefficient (Wildman–Crippen LogP) is 5.39. The fourth-order valence-corrected chi connectivity index (χ4v) is 7.26. The van der Waals surface area contributed by atoms with Crippen LogP contribution in [0.25, 0.3) is 33.6 Å². The summed E-state index contributed by atoms with van der Waals surface area (Å²) in [5.41, 5.74) is 4.67. The molecule has 7 rings (SSSR count). The van der Waals surface area contributed by atoms with Gasteiger partial charge in [0, 0.05) is 48.6 Å². The number of hydrogen-bond donors (Lipinski definition) is 3. The van der Waals surface area contributed by atoms with Crippen LogP contribution >= 0.6 is 0 Å². The second-order valence-corrected chi connectivity index (χ2v) is 13.6. The van der Waals surface area contributed by atoms with Crippen molar-refractivity contribution in [2.45, 2.75) is 96.3 Å². The molecule has 1 spiro atoms. The molecule has 2 fully saturated rings. The van der Waals surface area contributed by atoms with Crippen LogP contribution in [-0.2, 0) is 18.4 Å². The van der Waals surface area contributed by atoms with Crippen LogP contribution < -0.4 is 20.7 Å². The number of aryl methyl sites for hydroxylation is 2. The minimum absolute atomic E-state index is 0.0997. The average molecular weight is 612 g/mol. The van der Waals surface area contributed by atoms with E-state index in [0.29, 0.717) is 22.9 Å². The minimum atomic E-state index is -0.175. The molecule has 4 aromatic rings. The first-order valence-electron chi connectivity index (χ1n) is 16.7. The molecule has 2 bridgehead atoms. The Labute approximate surface area is 264 Å². The predicted molar refractivity (Wildman–Crippen MR) is 175 cm³/mol. The highest BCUT2D eigenvalue weighted by atomic mass is 16.5. The van der Waals surface area contributed by atoms with Gasteiger partial charge in [-0.05, 0) is 82.7 Å². The lowest BCUT2D eigenvalue weighted by molar-refractivity contribution is -0.127. The second kappa shape index (κ2) is 11.8. The Bertz CT molecular complexity index is 1760. The fraction of sp³-hybridized carbons (Fsp3) is 0.543. The molecule has 3 N–H and O–H groups in total. The van der Waals surface area contributed by atoms with Crippen molar-refractivity contribution in [2.24, 2.45) is 12.5 Å². The third-order valence-corrected chi connectivity index (χ3v) is 10.3. The number of carbonyl (C=O) groups excluding carboxylic acids is 2. The summed E-state index contributed by atoms with van der Waals surface area (Å²) in [6.45, 7) is 5.79. The molecule has 10 nitrogen and oxygen atoms in total. The van der Waals surface area contributed by atoms with Crippen molar-refractivity contribution in [3.8, 4) is 17.3 Å². The first kappa shape index (κ1) is 29.8. The van der Waals surface area contributed by atoms with Crippen molar-refractivity contribution in [3.63, 3.8) is 0 Å². The first-order valence-corrected chi connectivity index (χ1v) is 16.7. The molecule has 3 atom stereocenters. The molecule has 45 heavy (non-hydrogen) atoms. The number of pyridine rings is 1. The van der Waals surface area contributed by atoms with Gasteiger partial charge in [0.2, 0.25) is 5.91 Å². The van der Waals surface area contributed by atoms with Crippen LogP contribution in [0.5, 0.6) is 5.75 Å². The number of imidazole rings is 1. The van der Waals surface area contributed by atoms with Gasteiger partial charge in [0.05, 0.1) is 30.1 Å². The van der Waals surface area contributed by atoms with E-state index in [0.717, 1.165) is 105 Å². The maximum Gasteiger partial charge on any atom is 0.251 e. The zero-order chi connectivity index (χ0) is 31.3. The van der Waals surface area contributed by atoms with Crippen LogP contribution in [0.2, 0.25) is 0 Å². The van der Waals surface area contributed by atoms with E-state index in [1.165, 1.54) is 0 Å². The molecule has 1 saturated carbocycles. The molecule has 0 radical (unpaired) electrons. The molecule has 2 aliphatic heterocycles. The Kier molecular flexibility index (Phi) is 7.79. The highest BCUT2D eigenvalue weighted by Gasteiger charge is 2.49. The first-order chi connectivity index (χ1) is 21.8. The Morgan fingerprint density at radius 3 is 2.62 bits per heavy atom. The number of carbonyl (C=O) groups is 2. The Morgan fingerprint density at radius 1 is 1.04 bits per heavy atom. The zero-order valence-electron chi connectivity index (χ0n) is 26.9. The number of nitrogens with one attached hydrogen (secondary N) is 3. The van der Waals surface area contributed by atoms with Gasteiger partial charge in [-0.1, -0.05) is 19.3 Å². The molecule has 1 saturated heterocycles. The summed E-state index contributed by atoms with van der Waals surface area (Å²) >= 11 is 0. The van der Waals surface area contributed by atoms with Gasteiger partial charge >= 0.3 is 0 Å². The number of amides is 2. The Hall–Kier alpha value is -3.92. The SMILES string of the molecule is COc1cc(C(=O)N[C@@H]2CC[C@H](C)NC2)cc2nc(-c3cc4ccc5nc4n3CCCCCCC3(CC3)C(=O)N[C@@H]5C)n(C)c12. The Balaban J connectivity index is 1.26. The van der Waals surface area contributed by atoms with Crippen LogP contribution in [0.4, 0.5) is 0 Å². The number of piperidine rings is 1. The van der Waals surface area contributed by atoms with E-state index in [4.69, 9.17) is 14.7 Å². The summed E-state index contributed by atoms with van der Waals surface area (Å²) in [5.74, 6) is 1.47. The second-order valence-electron chi connectivity index (χ2n) is 13.6.